The summed E-state index contributed by atoms with van der Waals surface area (Å²) in [7, 11) is 1.35. The summed E-state index contributed by atoms with van der Waals surface area (Å²) in [5.74, 6) is 0. The quantitative estimate of drug-likeness (QED) is 0.791. The highest BCUT2D eigenvalue weighted by Gasteiger charge is 2.09. The number of carbonyl (C=O) groups excluding carboxylic acids is 1. The number of amides is 1. The van der Waals surface area contributed by atoms with E-state index >= 15 is 0 Å². The van der Waals surface area contributed by atoms with Crippen LogP contribution in [0.2, 0.25) is 0 Å². The number of methoxy groups -OCH3 is 1. The van der Waals surface area contributed by atoms with Crippen LogP contribution in [0, 0.1) is 0 Å². The Morgan fingerprint density at radius 3 is 2.76 bits per heavy atom. The lowest BCUT2D eigenvalue weighted by Gasteiger charge is -2.14. The molecule has 0 aliphatic carbocycles. The van der Waals surface area contributed by atoms with Crippen LogP contribution in [0.1, 0.15) is 5.56 Å². The molecule has 0 radical (unpaired) electrons. The molecule has 1 N–H and O–H groups in total. The van der Waals surface area contributed by atoms with Gasteiger partial charge in [-0.05, 0) is 12.0 Å². The number of alkyl carbamates (subject to hydrolysis) is 1. The minimum absolute atomic E-state index is 0.0946. The van der Waals surface area contributed by atoms with Gasteiger partial charge >= 0.3 is 6.09 Å². The van der Waals surface area contributed by atoms with Gasteiger partial charge in [0.15, 0.2) is 0 Å². The summed E-state index contributed by atoms with van der Waals surface area (Å²) in [5, 5.41) is 2.75. The summed E-state index contributed by atoms with van der Waals surface area (Å²) in [6.07, 6.45) is 5.66. The number of hydrogen-bond donors (Lipinski definition) is 1. The average Bonchev–Trinajstić information content (AvgIpc) is 2.37. The SMILES string of the molecule is C=C/C=C/C(Cc1ccccc1)NC(=O)OC. The van der Waals surface area contributed by atoms with Gasteiger partial charge in [-0.15, -0.1) is 0 Å². The molecule has 1 amide bonds. The lowest BCUT2D eigenvalue weighted by Crippen LogP contribution is -2.34. The standard InChI is InChI=1S/C14H17NO2/c1-3-4-10-13(15-14(16)17-2)11-12-8-6-5-7-9-12/h3-10,13H,1,11H2,2H3,(H,15,16)/b10-4+. The monoisotopic (exact) mass is 231 g/mol. The summed E-state index contributed by atoms with van der Waals surface area (Å²) in [6.45, 7) is 3.61. The van der Waals surface area contributed by atoms with Crippen LogP contribution < -0.4 is 5.32 Å². The number of benzene rings is 1. The van der Waals surface area contributed by atoms with Gasteiger partial charge in [-0.3, -0.25) is 0 Å². The molecule has 3 heteroatoms. The fraction of sp³-hybridized carbons (Fsp3) is 0.214. The summed E-state index contributed by atoms with van der Waals surface area (Å²) in [4.78, 5) is 11.2. The van der Waals surface area contributed by atoms with Crippen molar-refractivity contribution in [3.05, 3.63) is 60.7 Å². The van der Waals surface area contributed by atoms with Crippen molar-refractivity contribution in [1.82, 2.24) is 5.32 Å². The molecule has 0 bridgehead atoms. The Balaban J connectivity index is 2.66. The van der Waals surface area contributed by atoms with E-state index in [0.717, 1.165) is 12.0 Å². The number of carbonyl (C=O) groups is 1. The van der Waals surface area contributed by atoms with E-state index < -0.39 is 6.09 Å². The molecule has 0 spiro atoms. The Morgan fingerprint density at radius 1 is 1.47 bits per heavy atom. The maximum absolute atomic E-state index is 11.2. The maximum Gasteiger partial charge on any atom is 0.407 e. The second kappa shape index (κ2) is 7.28. The van der Waals surface area contributed by atoms with Gasteiger partial charge < -0.3 is 10.1 Å². The molecule has 1 aromatic rings. The lowest BCUT2D eigenvalue weighted by atomic mass is 10.1. The third kappa shape index (κ3) is 5.02. The van der Waals surface area contributed by atoms with E-state index in [-0.39, 0.29) is 6.04 Å². The second-order valence-corrected chi connectivity index (χ2v) is 3.55. The van der Waals surface area contributed by atoms with E-state index in [1.807, 2.05) is 42.5 Å². The first kappa shape index (κ1) is 13.0. The molecule has 3 nitrogen and oxygen atoms in total. The van der Waals surface area contributed by atoms with Gasteiger partial charge in [0.05, 0.1) is 13.2 Å². The molecule has 1 unspecified atom stereocenters. The first-order valence-electron chi connectivity index (χ1n) is 5.44. The van der Waals surface area contributed by atoms with Crippen LogP contribution in [-0.4, -0.2) is 19.2 Å². The van der Waals surface area contributed by atoms with E-state index in [1.54, 1.807) is 6.08 Å². The first-order valence-corrected chi connectivity index (χ1v) is 5.44. The van der Waals surface area contributed by atoms with Crippen molar-refractivity contribution >= 4 is 6.09 Å². The van der Waals surface area contributed by atoms with Crippen molar-refractivity contribution in [3.8, 4) is 0 Å². The molecule has 1 rings (SSSR count). The molecule has 0 aromatic heterocycles. The predicted molar refractivity (Wildman–Crippen MR) is 68.8 cm³/mol. The van der Waals surface area contributed by atoms with E-state index in [9.17, 15) is 4.79 Å². The topological polar surface area (TPSA) is 38.3 Å². The highest BCUT2D eigenvalue weighted by Crippen LogP contribution is 2.04. The van der Waals surface area contributed by atoms with Gasteiger partial charge in [-0.1, -0.05) is 55.1 Å². The van der Waals surface area contributed by atoms with Crippen LogP contribution >= 0.6 is 0 Å². The van der Waals surface area contributed by atoms with Crippen LogP contribution in [0.15, 0.2) is 55.1 Å². The molecule has 0 aliphatic heterocycles. The molecule has 90 valence electrons. The van der Waals surface area contributed by atoms with Crippen molar-refractivity contribution in [2.24, 2.45) is 0 Å². The van der Waals surface area contributed by atoms with Crippen molar-refractivity contribution in [2.45, 2.75) is 12.5 Å². The summed E-state index contributed by atoms with van der Waals surface area (Å²) < 4.78 is 4.59. The zero-order valence-electron chi connectivity index (χ0n) is 9.93. The Kier molecular flexibility index (Phi) is 5.58. The average molecular weight is 231 g/mol. The van der Waals surface area contributed by atoms with Gasteiger partial charge in [-0.25, -0.2) is 4.79 Å². The molecular weight excluding hydrogens is 214 g/mol. The normalized spacial score (nSPS) is 12.1. The van der Waals surface area contributed by atoms with Gasteiger partial charge in [0.25, 0.3) is 0 Å². The van der Waals surface area contributed by atoms with Crippen molar-refractivity contribution in [3.63, 3.8) is 0 Å². The number of nitrogens with one attached hydrogen (secondary N) is 1. The highest BCUT2D eigenvalue weighted by atomic mass is 16.5. The van der Waals surface area contributed by atoms with E-state index in [1.165, 1.54) is 7.11 Å². The molecular formula is C14H17NO2. The fourth-order valence-corrected chi connectivity index (χ4v) is 1.46. The fourth-order valence-electron chi connectivity index (χ4n) is 1.46. The van der Waals surface area contributed by atoms with Gasteiger partial charge in [0.1, 0.15) is 0 Å². The van der Waals surface area contributed by atoms with Gasteiger partial charge in [0, 0.05) is 0 Å². The van der Waals surface area contributed by atoms with E-state index in [4.69, 9.17) is 0 Å². The van der Waals surface area contributed by atoms with Crippen molar-refractivity contribution < 1.29 is 9.53 Å². The maximum atomic E-state index is 11.2. The molecule has 0 heterocycles. The van der Waals surface area contributed by atoms with Crippen LogP contribution in [0.5, 0.6) is 0 Å². The van der Waals surface area contributed by atoms with E-state index in [2.05, 4.69) is 16.6 Å². The lowest BCUT2D eigenvalue weighted by molar-refractivity contribution is 0.168. The zero-order valence-corrected chi connectivity index (χ0v) is 9.93. The highest BCUT2D eigenvalue weighted by molar-refractivity contribution is 5.67. The summed E-state index contributed by atoms with van der Waals surface area (Å²) in [6, 6.07) is 9.86. The Bertz CT molecular complexity index is 384. The van der Waals surface area contributed by atoms with Crippen LogP contribution in [-0.2, 0) is 11.2 Å². The minimum atomic E-state index is -0.431. The Morgan fingerprint density at radius 2 is 2.18 bits per heavy atom. The Hall–Kier alpha value is -2.03. The third-order valence-corrected chi connectivity index (χ3v) is 2.27. The van der Waals surface area contributed by atoms with E-state index in [0.29, 0.717) is 0 Å². The number of allylic oxidation sites excluding steroid dienone is 2. The van der Waals surface area contributed by atoms with Crippen molar-refractivity contribution in [1.29, 1.82) is 0 Å². The van der Waals surface area contributed by atoms with Crippen LogP contribution in [0.3, 0.4) is 0 Å². The second-order valence-electron chi connectivity index (χ2n) is 3.55. The minimum Gasteiger partial charge on any atom is -0.453 e. The van der Waals surface area contributed by atoms with Gasteiger partial charge in [-0.2, -0.15) is 0 Å². The summed E-state index contributed by atoms with van der Waals surface area (Å²) in [5.41, 5.74) is 1.16. The molecule has 0 aliphatic rings. The largest absolute Gasteiger partial charge is 0.453 e. The third-order valence-electron chi connectivity index (χ3n) is 2.27. The summed E-state index contributed by atoms with van der Waals surface area (Å²) >= 11 is 0. The van der Waals surface area contributed by atoms with Crippen LogP contribution in [0.4, 0.5) is 4.79 Å². The number of ether oxygens (including phenoxy) is 1. The molecule has 17 heavy (non-hydrogen) atoms. The molecule has 0 saturated heterocycles. The van der Waals surface area contributed by atoms with Crippen LogP contribution in [0.25, 0.3) is 0 Å². The van der Waals surface area contributed by atoms with Gasteiger partial charge in [0.2, 0.25) is 0 Å². The number of hydrogen-bond acceptors (Lipinski definition) is 2. The molecule has 1 aromatic carbocycles. The molecule has 1 atom stereocenters. The molecule has 0 saturated carbocycles. The molecule has 0 fully saturated rings. The zero-order chi connectivity index (χ0) is 12.5. The predicted octanol–water partition coefficient (Wildman–Crippen LogP) is 2.70. The smallest absolute Gasteiger partial charge is 0.407 e. The first-order chi connectivity index (χ1) is 8.26. The number of rotatable bonds is 5. The Labute approximate surface area is 102 Å². The van der Waals surface area contributed by atoms with Crippen molar-refractivity contribution in [2.75, 3.05) is 7.11 Å².